The molecule has 252 valence electrons. The predicted molar refractivity (Wildman–Crippen MR) is 228 cm³/mol. The molecule has 0 saturated heterocycles. The van der Waals surface area contributed by atoms with E-state index in [9.17, 15) is 0 Å². The summed E-state index contributed by atoms with van der Waals surface area (Å²) in [6.07, 6.45) is 0. The third kappa shape index (κ3) is 5.37. The molecule has 0 unspecified atom stereocenters. The molecule has 0 N–H and O–H groups in total. The van der Waals surface area contributed by atoms with E-state index in [0.717, 1.165) is 17.1 Å². The van der Waals surface area contributed by atoms with E-state index in [1.54, 1.807) is 0 Å². The first kappa shape index (κ1) is 31.5. The fraction of sp³-hybridized carbons (Fsp3) is 0.0588. The van der Waals surface area contributed by atoms with Crippen LogP contribution in [0.25, 0.3) is 64.7 Å². The number of thiophene rings is 1. The Bertz CT molecular complexity index is 2780. The predicted octanol–water partition coefficient (Wildman–Crippen LogP) is 14.8. The Morgan fingerprint density at radius 3 is 1.49 bits per heavy atom. The van der Waals surface area contributed by atoms with Gasteiger partial charge in [-0.25, -0.2) is 0 Å². The molecule has 0 saturated carbocycles. The number of anilines is 3. The van der Waals surface area contributed by atoms with E-state index in [2.05, 4.69) is 207 Å². The van der Waals surface area contributed by atoms with Crippen molar-refractivity contribution in [3.8, 4) is 44.5 Å². The zero-order valence-corrected chi connectivity index (χ0v) is 30.6. The van der Waals surface area contributed by atoms with Crippen LogP contribution in [0.1, 0.15) is 25.0 Å². The van der Waals surface area contributed by atoms with Crippen molar-refractivity contribution in [1.29, 1.82) is 0 Å². The molecule has 0 fully saturated rings. The number of fused-ring (bicyclic) bond motifs is 6. The Labute approximate surface area is 315 Å². The van der Waals surface area contributed by atoms with Crippen molar-refractivity contribution >= 4 is 48.6 Å². The summed E-state index contributed by atoms with van der Waals surface area (Å²) in [4.78, 5) is 2.41. The molecule has 0 spiro atoms. The molecule has 0 radical (unpaired) electrons. The third-order valence-corrected chi connectivity index (χ3v) is 12.2. The van der Waals surface area contributed by atoms with Crippen LogP contribution in [0.2, 0.25) is 0 Å². The monoisotopic (exact) mass is 695 g/mol. The molecule has 1 nitrogen and oxygen atoms in total. The fourth-order valence-corrected chi connectivity index (χ4v) is 9.35. The maximum absolute atomic E-state index is 2.42. The number of nitrogens with zero attached hydrogens (tertiary/aromatic N) is 1. The highest BCUT2D eigenvalue weighted by Crippen LogP contribution is 2.51. The Hall–Kier alpha value is -6.22. The Morgan fingerprint density at radius 2 is 0.811 bits per heavy atom. The maximum Gasteiger partial charge on any atom is 0.0465 e. The third-order valence-electron chi connectivity index (χ3n) is 11.1. The van der Waals surface area contributed by atoms with Gasteiger partial charge in [0.1, 0.15) is 0 Å². The topological polar surface area (TPSA) is 3.24 Å². The highest BCUT2D eigenvalue weighted by Gasteiger charge is 2.36. The summed E-state index contributed by atoms with van der Waals surface area (Å²) < 4.78 is 2.66. The quantitative estimate of drug-likeness (QED) is 0.167. The Morgan fingerprint density at radius 1 is 0.358 bits per heavy atom. The average Bonchev–Trinajstić information content (AvgIpc) is 3.70. The SMILES string of the molecule is CC1(C)c2cc(-c3ccccc3)ccc2-c2ccc(N(c3ccc(-c4ccccc4)cc3)c3ccc(-c4ccc5sc6ccccc6c5c4)cc3)cc21. The summed E-state index contributed by atoms with van der Waals surface area (Å²) in [7, 11) is 0. The van der Waals surface area contributed by atoms with E-state index in [4.69, 9.17) is 0 Å². The fourth-order valence-electron chi connectivity index (χ4n) is 8.26. The van der Waals surface area contributed by atoms with Gasteiger partial charge in [-0.3, -0.25) is 0 Å². The van der Waals surface area contributed by atoms with Crippen LogP contribution in [0.15, 0.2) is 188 Å². The van der Waals surface area contributed by atoms with Crippen molar-refractivity contribution in [3.05, 3.63) is 199 Å². The second-order valence-corrected chi connectivity index (χ2v) is 15.7. The molecule has 8 aromatic carbocycles. The van der Waals surface area contributed by atoms with Gasteiger partial charge >= 0.3 is 0 Å². The van der Waals surface area contributed by atoms with Gasteiger partial charge < -0.3 is 4.90 Å². The van der Waals surface area contributed by atoms with Crippen LogP contribution in [0, 0.1) is 0 Å². The largest absolute Gasteiger partial charge is 0.310 e. The standard InChI is InChI=1S/C51H37NS/c1-51(2)47-32-39(35-13-7-4-8-14-35)21-28-43(47)44-29-27-42(33-48(44)51)52(40-23-17-36(18-24-40)34-11-5-3-6-12-34)41-25-19-37(20-26-41)38-22-30-50-46(31-38)45-15-9-10-16-49(45)53-50/h3-33H,1-2H3. The molecule has 1 aliphatic rings. The maximum atomic E-state index is 2.42. The normalized spacial score (nSPS) is 12.9. The van der Waals surface area contributed by atoms with Gasteiger partial charge in [-0.15, -0.1) is 11.3 Å². The molecule has 0 atom stereocenters. The van der Waals surface area contributed by atoms with Crippen LogP contribution in [-0.4, -0.2) is 0 Å². The van der Waals surface area contributed by atoms with Gasteiger partial charge in [0.25, 0.3) is 0 Å². The second-order valence-electron chi connectivity index (χ2n) is 14.6. The molecule has 1 aromatic heterocycles. The molecule has 1 aliphatic carbocycles. The van der Waals surface area contributed by atoms with Crippen LogP contribution in [0.5, 0.6) is 0 Å². The van der Waals surface area contributed by atoms with Gasteiger partial charge in [0.15, 0.2) is 0 Å². The number of rotatable bonds is 6. The van der Waals surface area contributed by atoms with E-state index in [1.165, 1.54) is 75.8 Å². The molecule has 53 heavy (non-hydrogen) atoms. The van der Waals surface area contributed by atoms with Crippen molar-refractivity contribution in [3.63, 3.8) is 0 Å². The molecule has 1 heterocycles. The smallest absolute Gasteiger partial charge is 0.0465 e. The van der Waals surface area contributed by atoms with Crippen LogP contribution in [0.3, 0.4) is 0 Å². The van der Waals surface area contributed by atoms with Gasteiger partial charge in [-0.2, -0.15) is 0 Å². The van der Waals surface area contributed by atoms with E-state index < -0.39 is 0 Å². The molecular formula is C51H37NS. The number of hydrogen-bond donors (Lipinski definition) is 0. The lowest BCUT2D eigenvalue weighted by Crippen LogP contribution is -2.16. The summed E-state index contributed by atoms with van der Waals surface area (Å²) in [5.41, 5.74) is 16.0. The lowest BCUT2D eigenvalue weighted by Gasteiger charge is -2.28. The van der Waals surface area contributed by atoms with E-state index >= 15 is 0 Å². The van der Waals surface area contributed by atoms with Crippen molar-refractivity contribution in [2.75, 3.05) is 4.90 Å². The van der Waals surface area contributed by atoms with Gasteiger partial charge in [0.05, 0.1) is 0 Å². The van der Waals surface area contributed by atoms with Gasteiger partial charge in [0.2, 0.25) is 0 Å². The number of hydrogen-bond acceptors (Lipinski definition) is 2. The zero-order valence-electron chi connectivity index (χ0n) is 29.8. The Balaban J connectivity index is 1.06. The van der Waals surface area contributed by atoms with Gasteiger partial charge in [0, 0.05) is 42.6 Å². The van der Waals surface area contributed by atoms with E-state index in [-0.39, 0.29) is 5.41 Å². The molecular weight excluding hydrogens is 659 g/mol. The minimum atomic E-state index is -0.150. The van der Waals surface area contributed by atoms with Crippen molar-refractivity contribution < 1.29 is 0 Å². The van der Waals surface area contributed by atoms with Crippen LogP contribution in [-0.2, 0) is 5.41 Å². The average molecular weight is 696 g/mol. The molecule has 9 aromatic rings. The van der Waals surface area contributed by atoms with E-state index in [1.807, 2.05) is 11.3 Å². The molecule has 10 rings (SSSR count). The lowest BCUT2D eigenvalue weighted by atomic mass is 9.81. The van der Waals surface area contributed by atoms with Crippen LogP contribution < -0.4 is 4.90 Å². The molecule has 2 heteroatoms. The number of benzene rings is 8. The summed E-state index contributed by atoms with van der Waals surface area (Å²) in [5.74, 6) is 0. The second kappa shape index (κ2) is 12.5. The summed E-state index contributed by atoms with van der Waals surface area (Å²) in [5, 5.41) is 2.65. The highest BCUT2D eigenvalue weighted by molar-refractivity contribution is 7.25. The minimum Gasteiger partial charge on any atom is -0.310 e. The summed E-state index contributed by atoms with van der Waals surface area (Å²) >= 11 is 1.86. The van der Waals surface area contributed by atoms with Crippen molar-refractivity contribution in [1.82, 2.24) is 0 Å². The summed E-state index contributed by atoms with van der Waals surface area (Å²) in [6.45, 7) is 4.75. The zero-order chi connectivity index (χ0) is 35.5. The molecule has 0 bridgehead atoms. The van der Waals surface area contributed by atoms with E-state index in [0.29, 0.717) is 0 Å². The van der Waals surface area contributed by atoms with Gasteiger partial charge in [-0.05, 0) is 116 Å². The first-order valence-corrected chi connectivity index (χ1v) is 19.2. The minimum absolute atomic E-state index is 0.150. The van der Waals surface area contributed by atoms with Crippen molar-refractivity contribution in [2.24, 2.45) is 0 Å². The van der Waals surface area contributed by atoms with Crippen LogP contribution in [0.4, 0.5) is 17.1 Å². The molecule has 0 amide bonds. The first-order chi connectivity index (χ1) is 26.0. The highest BCUT2D eigenvalue weighted by atomic mass is 32.1. The Kier molecular flexibility index (Phi) is 7.42. The van der Waals surface area contributed by atoms with Crippen molar-refractivity contribution in [2.45, 2.75) is 19.3 Å². The first-order valence-electron chi connectivity index (χ1n) is 18.3. The van der Waals surface area contributed by atoms with Gasteiger partial charge in [-0.1, -0.05) is 141 Å². The summed E-state index contributed by atoms with van der Waals surface area (Å²) in [6, 6.07) is 69.1. The molecule has 0 aliphatic heterocycles. The van der Waals surface area contributed by atoms with Crippen LogP contribution >= 0.6 is 11.3 Å². The lowest BCUT2D eigenvalue weighted by molar-refractivity contribution is 0.660.